The van der Waals surface area contributed by atoms with E-state index in [0.29, 0.717) is 6.42 Å². The van der Waals surface area contributed by atoms with Gasteiger partial charge in [-0.25, -0.2) is 0 Å². The van der Waals surface area contributed by atoms with Crippen LogP contribution in [0.15, 0.2) is 12.2 Å². The van der Waals surface area contributed by atoms with Crippen molar-refractivity contribution < 1.29 is 89.4 Å². The molecule has 12 N–H and O–H groups in total. The molecule has 3 aliphatic rings. The lowest BCUT2D eigenvalue weighted by atomic mass is 9.96. The van der Waals surface area contributed by atoms with E-state index in [1.807, 2.05) is 6.08 Å². The fourth-order valence-electron chi connectivity index (χ4n) is 13.5. The van der Waals surface area contributed by atoms with E-state index in [0.717, 1.165) is 44.9 Å². The van der Waals surface area contributed by atoms with Crippen LogP contribution in [0.5, 0.6) is 0 Å². The fraction of sp³-hybridized carbons (Fsp3) is 0.960. The highest BCUT2D eigenvalue weighted by molar-refractivity contribution is 5.76. The van der Waals surface area contributed by atoms with Crippen molar-refractivity contribution in [2.75, 3.05) is 26.4 Å². The molecule has 19 nitrogen and oxygen atoms in total. The van der Waals surface area contributed by atoms with Crippen LogP contribution >= 0.6 is 0 Å². The molecular weight excluding hydrogens is 1200 g/mol. The third kappa shape index (κ3) is 37.8. The van der Waals surface area contributed by atoms with Crippen molar-refractivity contribution in [1.29, 1.82) is 0 Å². The standard InChI is InChI=1S/C75H143NO18/c1-3-5-7-9-11-13-15-17-19-21-23-25-26-27-28-29-30-31-33-35-37-39-41-43-45-47-49-51-53-63(81)76-58(59(80)52-50-48-46-44-42-40-38-36-34-32-24-22-20-18-16-14-12-10-8-6-4-2)57-89-73-69(87)66(84)71(61(55-78)91-73)94-75-70(88)67(85)72(62(56-79)92-75)93-74-68(86)65(83)64(82)60(54-77)90-74/h50,52,58-62,64-75,77-80,82-88H,3-49,51,53-57H2,1-2H3,(H,76,81)/b52-50+. The van der Waals surface area contributed by atoms with Crippen molar-refractivity contribution in [2.24, 2.45) is 0 Å². The number of ether oxygens (including phenoxy) is 6. The minimum absolute atomic E-state index is 0.250. The molecule has 0 aromatic carbocycles. The zero-order chi connectivity index (χ0) is 68.2. The molecule has 3 fully saturated rings. The zero-order valence-electron chi connectivity index (χ0n) is 59.2. The quantitative estimate of drug-likeness (QED) is 0.0199. The van der Waals surface area contributed by atoms with Gasteiger partial charge in [-0.15, -0.1) is 0 Å². The lowest BCUT2D eigenvalue weighted by molar-refractivity contribution is -0.379. The summed E-state index contributed by atoms with van der Waals surface area (Å²) in [6.45, 7) is 1.80. The summed E-state index contributed by atoms with van der Waals surface area (Å²) in [5, 5.41) is 121. The molecule has 3 saturated heterocycles. The fourth-order valence-corrected chi connectivity index (χ4v) is 13.5. The van der Waals surface area contributed by atoms with Crippen LogP contribution in [0.3, 0.4) is 0 Å². The Hall–Kier alpha value is -1.47. The molecule has 0 saturated carbocycles. The third-order valence-corrected chi connectivity index (χ3v) is 19.8. The Bertz CT molecular complexity index is 1750. The minimum atomic E-state index is -1.98. The second kappa shape index (κ2) is 57.2. The summed E-state index contributed by atoms with van der Waals surface area (Å²) < 4.78 is 34.4. The number of hydrogen-bond donors (Lipinski definition) is 12. The van der Waals surface area contributed by atoms with Crippen molar-refractivity contribution in [3.05, 3.63) is 12.2 Å². The number of amides is 1. The molecule has 17 atom stereocenters. The first kappa shape index (κ1) is 86.8. The maximum Gasteiger partial charge on any atom is 0.220 e. The van der Waals surface area contributed by atoms with Crippen LogP contribution < -0.4 is 5.32 Å². The molecule has 3 aliphatic heterocycles. The molecule has 17 unspecified atom stereocenters. The van der Waals surface area contributed by atoms with E-state index in [1.54, 1.807) is 6.08 Å². The zero-order valence-corrected chi connectivity index (χ0v) is 59.2. The van der Waals surface area contributed by atoms with Gasteiger partial charge in [-0.05, 0) is 19.3 Å². The lowest BCUT2D eigenvalue weighted by Crippen LogP contribution is -2.66. The third-order valence-electron chi connectivity index (χ3n) is 19.8. The topological polar surface area (TPSA) is 307 Å². The predicted molar refractivity (Wildman–Crippen MR) is 370 cm³/mol. The van der Waals surface area contributed by atoms with E-state index >= 15 is 0 Å². The van der Waals surface area contributed by atoms with E-state index in [1.165, 1.54) is 257 Å². The molecule has 0 aromatic rings. The molecule has 19 heteroatoms. The summed E-state index contributed by atoms with van der Waals surface area (Å²) in [4.78, 5) is 13.5. The number of allylic oxidation sites excluding steroid dienone is 1. The Morgan fingerprint density at radius 2 is 0.660 bits per heavy atom. The van der Waals surface area contributed by atoms with E-state index < -0.39 is 124 Å². The highest BCUT2D eigenvalue weighted by atomic mass is 16.8. The van der Waals surface area contributed by atoms with Crippen molar-refractivity contribution in [3.8, 4) is 0 Å². The molecule has 0 aromatic heterocycles. The van der Waals surface area contributed by atoms with Crippen molar-refractivity contribution >= 4 is 5.91 Å². The molecule has 0 bridgehead atoms. The molecule has 556 valence electrons. The number of aliphatic hydroxyl groups excluding tert-OH is 11. The van der Waals surface area contributed by atoms with Gasteiger partial charge in [0.2, 0.25) is 5.91 Å². The number of nitrogens with one attached hydrogen (secondary N) is 1. The molecule has 1 amide bonds. The summed E-state index contributed by atoms with van der Waals surface area (Å²) in [5.41, 5.74) is 0. The molecule has 3 rings (SSSR count). The van der Waals surface area contributed by atoms with Gasteiger partial charge < -0.3 is 89.9 Å². The smallest absolute Gasteiger partial charge is 0.220 e. The van der Waals surface area contributed by atoms with Gasteiger partial charge in [0.25, 0.3) is 0 Å². The Kier molecular flexibility index (Phi) is 52.8. The second-order valence-electron chi connectivity index (χ2n) is 28.2. The average molecular weight is 1350 g/mol. The molecule has 3 heterocycles. The minimum Gasteiger partial charge on any atom is -0.394 e. The van der Waals surface area contributed by atoms with Crippen molar-refractivity contribution in [1.82, 2.24) is 5.32 Å². The van der Waals surface area contributed by atoms with Gasteiger partial charge in [-0.2, -0.15) is 0 Å². The van der Waals surface area contributed by atoms with E-state index in [2.05, 4.69) is 19.2 Å². The number of carbonyl (C=O) groups excluding carboxylic acids is 1. The van der Waals surface area contributed by atoms with Gasteiger partial charge in [0, 0.05) is 6.42 Å². The van der Waals surface area contributed by atoms with Crippen molar-refractivity contribution in [2.45, 2.75) is 433 Å². The first-order valence-corrected chi connectivity index (χ1v) is 38.9. The Labute approximate surface area is 569 Å². The largest absolute Gasteiger partial charge is 0.394 e. The number of rotatable bonds is 62. The van der Waals surface area contributed by atoms with E-state index in [9.17, 15) is 61.0 Å². The molecule has 94 heavy (non-hydrogen) atoms. The van der Waals surface area contributed by atoms with Gasteiger partial charge in [0.15, 0.2) is 18.9 Å². The van der Waals surface area contributed by atoms with Crippen LogP contribution in [0.2, 0.25) is 0 Å². The van der Waals surface area contributed by atoms with Crippen LogP contribution in [0.1, 0.15) is 328 Å². The van der Waals surface area contributed by atoms with Gasteiger partial charge in [0.1, 0.15) is 73.2 Å². The molecule has 0 radical (unpaired) electrons. The highest BCUT2D eigenvalue weighted by Gasteiger charge is 2.53. The first-order chi connectivity index (χ1) is 45.8. The molecule has 0 aliphatic carbocycles. The van der Waals surface area contributed by atoms with Crippen LogP contribution in [0, 0.1) is 0 Å². The van der Waals surface area contributed by atoms with E-state index in [4.69, 9.17) is 28.4 Å². The SMILES string of the molecule is CCCCCCCCCCCCCCCCCCCCC/C=C/C(O)C(COC1OC(CO)C(OC2OC(CO)C(OC3OC(CO)C(O)C(O)C3O)C(O)C2O)C(O)C1O)NC(=O)CCCCCCCCCCCCCCCCCCCCCCCCCCCCCC. The van der Waals surface area contributed by atoms with Crippen LogP contribution in [-0.4, -0.2) is 193 Å². The predicted octanol–water partition coefficient (Wildman–Crippen LogP) is 12.0. The monoisotopic (exact) mass is 1350 g/mol. The van der Waals surface area contributed by atoms with Gasteiger partial charge >= 0.3 is 0 Å². The number of aliphatic hydroxyl groups is 11. The van der Waals surface area contributed by atoms with E-state index in [-0.39, 0.29) is 18.9 Å². The van der Waals surface area contributed by atoms with Crippen LogP contribution in [0.25, 0.3) is 0 Å². The first-order valence-electron chi connectivity index (χ1n) is 38.9. The normalized spacial score (nSPS) is 27.4. The highest BCUT2D eigenvalue weighted by Crippen LogP contribution is 2.33. The summed E-state index contributed by atoms with van der Waals surface area (Å²) >= 11 is 0. The summed E-state index contributed by atoms with van der Waals surface area (Å²) in [6.07, 6.45) is 39.1. The maximum absolute atomic E-state index is 13.5. The summed E-state index contributed by atoms with van der Waals surface area (Å²) in [7, 11) is 0. The number of hydrogen-bond acceptors (Lipinski definition) is 18. The van der Waals surface area contributed by atoms with Gasteiger partial charge in [-0.3, -0.25) is 4.79 Å². The lowest BCUT2D eigenvalue weighted by Gasteiger charge is -2.48. The van der Waals surface area contributed by atoms with Gasteiger partial charge in [0.05, 0.1) is 38.6 Å². The molecular formula is C75H143NO18. The van der Waals surface area contributed by atoms with Gasteiger partial charge in [-0.1, -0.05) is 315 Å². The molecule has 0 spiro atoms. The number of unbranched alkanes of at least 4 members (excludes halogenated alkanes) is 46. The average Bonchev–Trinajstić information content (AvgIpc) is 0.787. The van der Waals surface area contributed by atoms with Crippen LogP contribution in [-0.2, 0) is 33.2 Å². The Balaban J connectivity index is 1.38. The Morgan fingerprint density at radius 3 is 1.00 bits per heavy atom. The van der Waals surface area contributed by atoms with Crippen LogP contribution in [0.4, 0.5) is 0 Å². The number of carbonyl (C=O) groups is 1. The summed E-state index contributed by atoms with van der Waals surface area (Å²) in [6, 6.07) is -0.969. The Morgan fingerprint density at radius 1 is 0.372 bits per heavy atom. The summed E-state index contributed by atoms with van der Waals surface area (Å²) in [5.74, 6) is -0.267. The van der Waals surface area contributed by atoms with Crippen molar-refractivity contribution in [3.63, 3.8) is 0 Å². The second-order valence-corrected chi connectivity index (χ2v) is 28.2. The maximum atomic E-state index is 13.5.